The van der Waals surface area contributed by atoms with Crippen LogP contribution in [0.1, 0.15) is 16.7 Å². The molecule has 2 N–H and O–H groups in total. The first-order valence-corrected chi connectivity index (χ1v) is 6.78. The molecule has 4 nitrogen and oxygen atoms in total. The molecule has 2 rings (SSSR count). The maximum absolute atomic E-state index is 11.8. The number of carbonyl (C=O) groups excluding carboxylic acids is 1. The van der Waals surface area contributed by atoms with E-state index >= 15 is 0 Å². The van der Waals surface area contributed by atoms with Crippen molar-refractivity contribution in [3.63, 3.8) is 0 Å². The number of aryl methyl sites for hydroxylation is 2. The summed E-state index contributed by atoms with van der Waals surface area (Å²) >= 11 is 0. The van der Waals surface area contributed by atoms with Crippen molar-refractivity contribution in [2.24, 2.45) is 0 Å². The molecule has 2 aromatic carbocycles. The fraction of sp³-hybridized carbons (Fsp3) is 0.235. The minimum Gasteiger partial charge on any atom is -0.484 e. The van der Waals surface area contributed by atoms with E-state index in [2.05, 4.69) is 5.32 Å². The lowest BCUT2D eigenvalue weighted by molar-refractivity contribution is -0.118. The second-order valence-electron chi connectivity index (χ2n) is 4.94. The summed E-state index contributed by atoms with van der Waals surface area (Å²) in [5.74, 6) is 0.467. The molecular formula is C17H19NO3. The topological polar surface area (TPSA) is 58.6 Å². The third-order valence-electron chi connectivity index (χ3n) is 3.27. The van der Waals surface area contributed by atoms with Crippen LogP contribution in [-0.4, -0.2) is 17.6 Å². The second kappa shape index (κ2) is 6.90. The van der Waals surface area contributed by atoms with Gasteiger partial charge in [-0.3, -0.25) is 4.79 Å². The number of amides is 1. The number of hydrogen-bond donors (Lipinski definition) is 2. The normalized spacial score (nSPS) is 10.2. The summed E-state index contributed by atoms with van der Waals surface area (Å²) < 4.78 is 5.47. The molecular weight excluding hydrogens is 266 g/mol. The number of ether oxygens (including phenoxy) is 1. The van der Waals surface area contributed by atoms with Gasteiger partial charge in [-0.2, -0.15) is 0 Å². The zero-order valence-corrected chi connectivity index (χ0v) is 12.2. The fourth-order valence-corrected chi connectivity index (χ4v) is 1.84. The molecule has 2 aromatic rings. The highest BCUT2D eigenvalue weighted by atomic mass is 16.5. The predicted molar refractivity (Wildman–Crippen MR) is 82.4 cm³/mol. The van der Waals surface area contributed by atoms with E-state index in [1.165, 1.54) is 5.56 Å². The van der Waals surface area contributed by atoms with Crippen LogP contribution in [0.3, 0.4) is 0 Å². The second-order valence-corrected chi connectivity index (χ2v) is 4.94. The van der Waals surface area contributed by atoms with E-state index in [-0.39, 0.29) is 19.1 Å². The molecule has 0 aliphatic carbocycles. The van der Waals surface area contributed by atoms with E-state index in [0.29, 0.717) is 11.4 Å². The first-order chi connectivity index (χ1) is 10.1. The Morgan fingerprint density at radius 1 is 1.10 bits per heavy atom. The lowest BCUT2D eigenvalue weighted by Gasteiger charge is -2.09. The van der Waals surface area contributed by atoms with Crippen LogP contribution >= 0.6 is 0 Å². The van der Waals surface area contributed by atoms with Crippen molar-refractivity contribution in [3.8, 4) is 5.75 Å². The van der Waals surface area contributed by atoms with Crippen molar-refractivity contribution in [1.82, 2.24) is 0 Å². The van der Waals surface area contributed by atoms with Gasteiger partial charge in [0.05, 0.1) is 6.61 Å². The van der Waals surface area contributed by atoms with Crippen LogP contribution in [-0.2, 0) is 11.4 Å². The highest BCUT2D eigenvalue weighted by Gasteiger charge is 2.04. The van der Waals surface area contributed by atoms with Gasteiger partial charge < -0.3 is 15.2 Å². The first kappa shape index (κ1) is 15.1. The summed E-state index contributed by atoms with van der Waals surface area (Å²) in [6, 6.07) is 12.8. The highest BCUT2D eigenvalue weighted by Crippen LogP contribution is 2.16. The quantitative estimate of drug-likeness (QED) is 0.888. The van der Waals surface area contributed by atoms with Crippen LogP contribution in [0.15, 0.2) is 42.5 Å². The van der Waals surface area contributed by atoms with Crippen LogP contribution in [0.2, 0.25) is 0 Å². The maximum atomic E-state index is 11.8. The van der Waals surface area contributed by atoms with E-state index in [1.54, 1.807) is 24.3 Å². The Morgan fingerprint density at radius 2 is 1.81 bits per heavy atom. The third kappa shape index (κ3) is 4.33. The van der Waals surface area contributed by atoms with Crippen molar-refractivity contribution in [2.45, 2.75) is 20.5 Å². The van der Waals surface area contributed by atoms with E-state index in [0.717, 1.165) is 11.1 Å². The van der Waals surface area contributed by atoms with E-state index in [1.807, 2.05) is 32.0 Å². The zero-order chi connectivity index (χ0) is 15.2. The molecule has 0 aliphatic rings. The Hall–Kier alpha value is -2.33. The molecule has 0 spiro atoms. The van der Waals surface area contributed by atoms with Gasteiger partial charge in [-0.25, -0.2) is 0 Å². The molecule has 0 saturated carbocycles. The summed E-state index contributed by atoms with van der Waals surface area (Å²) in [6.45, 7) is 3.99. The highest BCUT2D eigenvalue weighted by molar-refractivity contribution is 5.91. The number of nitrogens with one attached hydrogen (secondary N) is 1. The van der Waals surface area contributed by atoms with Gasteiger partial charge in [0.1, 0.15) is 5.75 Å². The first-order valence-electron chi connectivity index (χ1n) is 6.78. The molecule has 0 aliphatic heterocycles. The van der Waals surface area contributed by atoms with Crippen LogP contribution in [0.4, 0.5) is 5.69 Å². The lowest BCUT2D eigenvalue weighted by atomic mass is 10.1. The van der Waals surface area contributed by atoms with Crippen LogP contribution in [0, 0.1) is 13.8 Å². The number of hydrogen-bond acceptors (Lipinski definition) is 3. The predicted octanol–water partition coefficient (Wildman–Crippen LogP) is 2.81. The molecule has 0 saturated heterocycles. The van der Waals surface area contributed by atoms with Crippen molar-refractivity contribution in [1.29, 1.82) is 0 Å². The lowest BCUT2D eigenvalue weighted by Crippen LogP contribution is -2.20. The fourth-order valence-electron chi connectivity index (χ4n) is 1.84. The minimum atomic E-state index is -0.218. The molecule has 0 heterocycles. The van der Waals surface area contributed by atoms with Gasteiger partial charge in [0.15, 0.2) is 6.61 Å². The van der Waals surface area contributed by atoms with Gasteiger partial charge in [-0.1, -0.05) is 18.2 Å². The van der Waals surface area contributed by atoms with Crippen molar-refractivity contribution < 1.29 is 14.6 Å². The van der Waals surface area contributed by atoms with Gasteiger partial charge in [-0.05, 0) is 54.8 Å². The van der Waals surface area contributed by atoms with Gasteiger partial charge >= 0.3 is 0 Å². The molecule has 0 fully saturated rings. The minimum absolute atomic E-state index is 0.00981. The summed E-state index contributed by atoms with van der Waals surface area (Å²) in [6.07, 6.45) is 0. The van der Waals surface area contributed by atoms with Crippen LogP contribution in [0.5, 0.6) is 5.75 Å². The summed E-state index contributed by atoms with van der Waals surface area (Å²) in [4.78, 5) is 11.8. The smallest absolute Gasteiger partial charge is 0.262 e. The van der Waals surface area contributed by atoms with Gasteiger partial charge in [0.25, 0.3) is 5.91 Å². The monoisotopic (exact) mass is 285 g/mol. The van der Waals surface area contributed by atoms with E-state index in [9.17, 15) is 4.79 Å². The van der Waals surface area contributed by atoms with Crippen molar-refractivity contribution in [3.05, 3.63) is 59.2 Å². The zero-order valence-electron chi connectivity index (χ0n) is 12.2. The molecule has 0 aromatic heterocycles. The average Bonchev–Trinajstić information content (AvgIpc) is 2.49. The summed E-state index contributed by atoms with van der Waals surface area (Å²) in [5.41, 5.74) is 3.81. The third-order valence-corrected chi connectivity index (χ3v) is 3.27. The Labute approximate surface area is 124 Å². The molecule has 110 valence electrons. The number of benzene rings is 2. The van der Waals surface area contributed by atoms with Gasteiger partial charge in [0.2, 0.25) is 0 Å². The molecule has 4 heteroatoms. The molecule has 0 bridgehead atoms. The van der Waals surface area contributed by atoms with Gasteiger partial charge in [-0.15, -0.1) is 0 Å². The van der Waals surface area contributed by atoms with E-state index in [4.69, 9.17) is 9.84 Å². The molecule has 1 amide bonds. The Balaban J connectivity index is 1.87. The van der Waals surface area contributed by atoms with Crippen molar-refractivity contribution in [2.75, 3.05) is 11.9 Å². The Morgan fingerprint density at radius 3 is 2.43 bits per heavy atom. The Kier molecular flexibility index (Phi) is 4.95. The van der Waals surface area contributed by atoms with Gasteiger partial charge in [0, 0.05) is 5.69 Å². The molecule has 0 unspecified atom stereocenters. The van der Waals surface area contributed by atoms with E-state index < -0.39 is 0 Å². The number of aliphatic hydroxyl groups is 1. The average molecular weight is 285 g/mol. The Bertz CT molecular complexity index is 620. The molecule has 0 radical (unpaired) electrons. The number of aliphatic hydroxyl groups excluding tert-OH is 1. The largest absolute Gasteiger partial charge is 0.484 e. The standard InChI is InChI=1S/C17H19NO3/c1-12-3-8-16(9-13(12)2)21-11-17(20)18-15-6-4-14(10-19)5-7-15/h3-9,19H,10-11H2,1-2H3,(H,18,20). The van der Waals surface area contributed by atoms with Crippen LogP contribution < -0.4 is 10.1 Å². The van der Waals surface area contributed by atoms with Crippen molar-refractivity contribution >= 4 is 11.6 Å². The number of anilines is 1. The molecule has 21 heavy (non-hydrogen) atoms. The SMILES string of the molecule is Cc1ccc(OCC(=O)Nc2ccc(CO)cc2)cc1C. The number of rotatable bonds is 5. The summed E-state index contributed by atoms with van der Waals surface area (Å²) in [5, 5.41) is 11.7. The number of carbonyl (C=O) groups is 1. The maximum Gasteiger partial charge on any atom is 0.262 e. The van der Waals surface area contributed by atoms with Crippen LogP contribution in [0.25, 0.3) is 0 Å². The molecule has 0 atom stereocenters. The summed E-state index contributed by atoms with van der Waals surface area (Å²) in [7, 11) is 0.